The Morgan fingerprint density at radius 3 is 2.64 bits per heavy atom. The molecular formula is C19H28FN5. The molecule has 2 N–H and O–H groups in total. The van der Waals surface area contributed by atoms with Crippen molar-refractivity contribution in [1.29, 1.82) is 0 Å². The van der Waals surface area contributed by atoms with Crippen LogP contribution >= 0.6 is 0 Å². The van der Waals surface area contributed by atoms with Gasteiger partial charge in [-0.25, -0.2) is 9.38 Å². The summed E-state index contributed by atoms with van der Waals surface area (Å²) in [5.41, 5.74) is 1.70. The van der Waals surface area contributed by atoms with Crippen LogP contribution in [0.2, 0.25) is 0 Å². The van der Waals surface area contributed by atoms with Crippen molar-refractivity contribution in [2.75, 3.05) is 27.2 Å². The minimum Gasteiger partial charge on any atom is -0.357 e. The number of halogens is 1. The van der Waals surface area contributed by atoms with E-state index in [1.54, 1.807) is 6.07 Å². The van der Waals surface area contributed by atoms with Crippen molar-refractivity contribution in [2.45, 2.75) is 26.6 Å². The number of nitrogens with one attached hydrogen (secondary N) is 2. The van der Waals surface area contributed by atoms with Crippen LogP contribution in [0.1, 0.15) is 18.1 Å². The summed E-state index contributed by atoms with van der Waals surface area (Å²) >= 11 is 0. The van der Waals surface area contributed by atoms with E-state index in [-0.39, 0.29) is 5.82 Å². The van der Waals surface area contributed by atoms with Crippen molar-refractivity contribution < 1.29 is 4.39 Å². The second-order valence-electron chi connectivity index (χ2n) is 6.21. The molecule has 1 aromatic heterocycles. The average molecular weight is 345 g/mol. The fourth-order valence-electron chi connectivity index (χ4n) is 2.52. The van der Waals surface area contributed by atoms with Crippen LogP contribution in [0.25, 0.3) is 0 Å². The van der Waals surface area contributed by atoms with Crippen LogP contribution in [0.15, 0.2) is 47.7 Å². The first-order valence-corrected chi connectivity index (χ1v) is 8.63. The molecule has 0 spiro atoms. The third-order valence-electron chi connectivity index (χ3n) is 3.69. The highest BCUT2D eigenvalue weighted by Crippen LogP contribution is 2.13. The zero-order chi connectivity index (χ0) is 18.1. The summed E-state index contributed by atoms with van der Waals surface area (Å²) in [5, 5.41) is 6.56. The lowest BCUT2D eigenvalue weighted by Gasteiger charge is -2.13. The number of hydrogen-bond donors (Lipinski definition) is 2. The Morgan fingerprint density at radius 2 is 1.96 bits per heavy atom. The molecule has 0 fully saturated rings. The Balaban J connectivity index is 1.95. The standard InChI is InChI=1S/C19H28FN5/c1-4-21-19(22-9-12-25-10-5-6-11-25)23-14-16-7-8-18(20)17(13-16)15-24(2)3/h5-8,10-11,13H,4,9,12,14-15H2,1-3H3,(H2,21,22,23). The number of hydrogen-bond acceptors (Lipinski definition) is 2. The molecule has 136 valence electrons. The second kappa shape index (κ2) is 9.84. The number of rotatable bonds is 8. The molecule has 1 aromatic carbocycles. The number of nitrogens with zero attached hydrogens (tertiary/aromatic N) is 3. The van der Waals surface area contributed by atoms with Gasteiger partial charge in [0.05, 0.1) is 6.54 Å². The van der Waals surface area contributed by atoms with Crippen LogP contribution < -0.4 is 10.6 Å². The highest BCUT2D eigenvalue weighted by atomic mass is 19.1. The molecule has 0 aliphatic carbocycles. The largest absolute Gasteiger partial charge is 0.357 e. The molecule has 6 heteroatoms. The number of aliphatic imine (C=N–C) groups is 1. The first-order chi connectivity index (χ1) is 12.1. The van der Waals surface area contributed by atoms with E-state index in [2.05, 4.69) is 20.2 Å². The molecule has 0 unspecified atom stereocenters. The van der Waals surface area contributed by atoms with Crippen molar-refractivity contribution >= 4 is 5.96 Å². The van der Waals surface area contributed by atoms with Crippen molar-refractivity contribution in [3.8, 4) is 0 Å². The van der Waals surface area contributed by atoms with E-state index in [9.17, 15) is 4.39 Å². The quantitative estimate of drug-likeness (QED) is 0.571. The molecule has 0 atom stereocenters. The Bertz CT molecular complexity index is 664. The highest BCUT2D eigenvalue weighted by molar-refractivity contribution is 5.79. The van der Waals surface area contributed by atoms with Crippen LogP contribution in [-0.2, 0) is 19.6 Å². The van der Waals surface area contributed by atoms with Crippen LogP contribution in [0.4, 0.5) is 4.39 Å². The number of aromatic nitrogens is 1. The van der Waals surface area contributed by atoms with E-state index < -0.39 is 0 Å². The van der Waals surface area contributed by atoms with Gasteiger partial charge in [0, 0.05) is 44.1 Å². The monoisotopic (exact) mass is 345 g/mol. The summed E-state index contributed by atoms with van der Waals surface area (Å²) in [6.45, 7) is 5.59. The lowest BCUT2D eigenvalue weighted by Crippen LogP contribution is -2.38. The van der Waals surface area contributed by atoms with Gasteiger partial charge in [-0.1, -0.05) is 6.07 Å². The van der Waals surface area contributed by atoms with E-state index in [1.807, 2.05) is 56.5 Å². The van der Waals surface area contributed by atoms with Gasteiger partial charge in [0.2, 0.25) is 0 Å². The van der Waals surface area contributed by atoms with Crippen molar-refractivity contribution in [1.82, 2.24) is 20.1 Å². The minimum atomic E-state index is -0.168. The number of benzene rings is 1. The summed E-state index contributed by atoms with van der Waals surface area (Å²) in [5.74, 6) is 0.603. The van der Waals surface area contributed by atoms with Gasteiger partial charge >= 0.3 is 0 Å². The summed E-state index contributed by atoms with van der Waals surface area (Å²) in [7, 11) is 3.87. The zero-order valence-corrected chi connectivity index (χ0v) is 15.3. The van der Waals surface area contributed by atoms with Crippen molar-refractivity contribution in [3.05, 3.63) is 59.7 Å². The SMILES string of the molecule is CCNC(=NCc1ccc(F)c(CN(C)C)c1)NCCn1cccc1. The molecule has 0 saturated carbocycles. The fraction of sp³-hybridized carbons (Fsp3) is 0.421. The average Bonchev–Trinajstić information content (AvgIpc) is 3.08. The van der Waals surface area contributed by atoms with E-state index in [0.29, 0.717) is 18.7 Å². The Hall–Kier alpha value is -2.34. The Labute approximate surface area is 149 Å². The van der Waals surface area contributed by atoms with Gasteiger partial charge in [-0.05, 0) is 50.8 Å². The van der Waals surface area contributed by atoms with Crippen molar-refractivity contribution in [3.63, 3.8) is 0 Å². The van der Waals surface area contributed by atoms with Crippen molar-refractivity contribution in [2.24, 2.45) is 4.99 Å². The molecule has 1 heterocycles. The lowest BCUT2D eigenvalue weighted by molar-refractivity contribution is 0.392. The van der Waals surface area contributed by atoms with E-state index in [4.69, 9.17) is 0 Å². The van der Waals surface area contributed by atoms with Crippen LogP contribution in [0.3, 0.4) is 0 Å². The maximum absolute atomic E-state index is 13.9. The summed E-state index contributed by atoms with van der Waals surface area (Å²) in [4.78, 5) is 6.56. The zero-order valence-electron chi connectivity index (χ0n) is 15.3. The lowest BCUT2D eigenvalue weighted by atomic mass is 10.1. The molecule has 0 aliphatic heterocycles. The van der Waals surface area contributed by atoms with E-state index in [1.165, 1.54) is 6.07 Å². The van der Waals surface area contributed by atoms with Gasteiger partial charge < -0.3 is 20.1 Å². The normalized spacial score (nSPS) is 11.8. The molecule has 0 amide bonds. The molecule has 0 radical (unpaired) electrons. The molecule has 2 rings (SSSR count). The van der Waals surface area contributed by atoms with Crippen LogP contribution in [0, 0.1) is 5.82 Å². The summed E-state index contributed by atoms with van der Waals surface area (Å²) in [6, 6.07) is 9.23. The minimum absolute atomic E-state index is 0.168. The molecule has 0 bridgehead atoms. The van der Waals surface area contributed by atoms with E-state index in [0.717, 1.165) is 31.2 Å². The maximum atomic E-state index is 13.9. The molecule has 0 saturated heterocycles. The third kappa shape index (κ3) is 6.58. The van der Waals surface area contributed by atoms with Gasteiger partial charge in [-0.2, -0.15) is 0 Å². The predicted octanol–water partition coefficient (Wildman–Crippen LogP) is 2.44. The first kappa shape index (κ1) is 19.0. The summed E-state index contributed by atoms with van der Waals surface area (Å²) in [6.07, 6.45) is 4.08. The Morgan fingerprint density at radius 1 is 1.20 bits per heavy atom. The van der Waals surface area contributed by atoms with Crippen LogP contribution in [-0.4, -0.2) is 42.6 Å². The molecule has 25 heavy (non-hydrogen) atoms. The third-order valence-corrected chi connectivity index (χ3v) is 3.69. The van der Waals surface area contributed by atoms with Gasteiger partial charge in [0.25, 0.3) is 0 Å². The highest BCUT2D eigenvalue weighted by Gasteiger charge is 2.05. The van der Waals surface area contributed by atoms with Gasteiger partial charge in [-0.3, -0.25) is 0 Å². The Kier molecular flexibility index (Phi) is 7.47. The topological polar surface area (TPSA) is 44.6 Å². The molecule has 0 aliphatic rings. The first-order valence-electron chi connectivity index (χ1n) is 8.63. The maximum Gasteiger partial charge on any atom is 0.191 e. The fourth-order valence-corrected chi connectivity index (χ4v) is 2.52. The molecular weight excluding hydrogens is 317 g/mol. The second-order valence-corrected chi connectivity index (χ2v) is 6.21. The van der Waals surface area contributed by atoms with Crippen LogP contribution in [0.5, 0.6) is 0 Å². The number of guanidine groups is 1. The van der Waals surface area contributed by atoms with E-state index >= 15 is 0 Å². The molecule has 2 aromatic rings. The van der Waals surface area contributed by atoms with Gasteiger partial charge in [0.15, 0.2) is 5.96 Å². The smallest absolute Gasteiger partial charge is 0.191 e. The summed E-state index contributed by atoms with van der Waals surface area (Å²) < 4.78 is 16.0. The van der Waals surface area contributed by atoms with Gasteiger partial charge in [-0.15, -0.1) is 0 Å². The predicted molar refractivity (Wildman–Crippen MR) is 101 cm³/mol. The molecule has 5 nitrogen and oxygen atoms in total. The van der Waals surface area contributed by atoms with Gasteiger partial charge in [0.1, 0.15) is 5.82 Å².